The van der Waals surface area contributed by atoms with Crippen LogP contribution in [0.25, 0.3) is 0 Å². The van der Waals surface area contributed by atoms with Crippen LogP contribution in [0.4, 0.5) is 5.69 Å². The van der Waals surface area contributed by atoms with Crippen LogP contribution in [-0.2, 0) is 14.6 Å². The zero-order valence-corrected chi connectivity index (χ0v) is 13.0. The molecule has 0 aliphatic carbocycles. The highest BCUT2D eigenvalue weighted by Gasteiger charge is 2.17. The third kappa shape index (κ3) is 4.61. The van der Waals surface area contributed by atoms with E-state index in [1.807, 2.05) is 13.8 Å². The topological polar surface area (TPSA) is 75.3 Å². The molecule has 112 valence electrons. The van der Waals surface area contributed by atoms with Crippen molar-refractivity contribution in [2.45, 2.75) is 38.1 Å². The van der Waals surface area contributed by atoms with Crippen molar-refractivity contribution in [1.29, 1.82) is 0 Å². The maximum absolute atomic E-state index is 11.9. The highest BCUT2D eigenvalue weighted by molar-refractivity contribution is 7.91. The number of nitrogens with one attached hydrogen (secondary N) is 2. The molecule has 1 aromatic rings. The van der Waals surface area contributed by atoms with Gasteiger partial charge in [0.05, 0.1) is 22.9 Å². The predicted octanol–water partition coefficient (Wildman–Crippen LogP) is 1.81. The van der Waals surface area contributed by atoms with Gasteiger partial charge in [0, 0.05) is 6.04 Å². The van der Waals surface area contributed by atoms with E-state index in [9.17, 15) is 13.2 Å². The number of carbonyl (C=O) groups excluding carboxylic acids is 1. The van der Waals surface area contributed by atoms with Gasteiger partial charge in [0.1, 0.15) is 0 Å². The van der Waals surface area contributed by atoms with E-state index in [4.69, 9.17) is 0 Å². The Hall–Kier alpha value is -1.40. The number of hydrogen-bond acceptors (Lipinski definition) is 4. The highest BCUT2D eigenvalue weighted by atomic mass is 32.2. The van der Waals surface area contributed by atoms with Crippen LogP contribution >= 0.6 is 0 Å². The molecule has 1 rings (SSSR count). The maximum Gasteiger partial charge on any atom is 0.238 e. The summed E-state index contributed by atoms with van der Waals surface area (Å²) in [5.74, 6) is -0.241. The van der Waals surface area contributed by atoms with Gasteiger partial charge in [-0.05, 0) is 25.5 Å². The Morgan fingerprint density at radius 1 is 1.25 bits per heavy atom. The van der Waals surface area contributed by atoms with Gasteiger partial charge in [0.25, 0.3) is 0 Å². The minimum absolute atomic E-state index is 0.00496. The van der Waals surface area contributed by atoms with E-state index < -0.39 is 9.84 Å². The molecule has 0 saturated heterocycles. The Labute approximate surface area is 120 Å². The minimum Gasteiger partial charge on any atom is -0.324 e. The summed E-state index contributed by atoms with van der Waals surface area (Å²) in [5, 5.41) is 5.71. The molecule has 0 saturated carbocycles. The summed E-state index contributed by atoms with van der Waals surface area (Å²) < 4.78 is 23.9. The van der Waals surface area contributed by atoms with E-state index >= 15 is 0 Å². The quantitative estimate of drug-likeness (QED) is 0.805. The van der Waals surface area contributed by atoms with Gasteiger partial charge in [-0.2, -0.15) is 0 Å². The first-order chi connectivity index (χ1) is 9.40. The summed E-state index contributed by atoms with van der Waals surface area (Å²) >= 11 is 0. The van der Waals surface area contributed by atoms with Gasteiger partial charge in [0.15, 0.2) is 9.84 Å². The summed E-state index contributed by atoms with van der Waals surface area (Å²) in [4.78, 5) is 12.0. The van der Waals surface area contributed by atoms with Crippen LogP contribution in [0.5, 0.6) is 0 Å². The lowest BCUT2D eigenvalue weighted by Crippen LogP contribution is -2.34. The summed E-state index contributed by atoms with van der Waals surface area (Å²) in [5.41, 5.74) is 0.338. The lowest BCUT2D eigenvalue weighted by Gasteiger charge is -2.13. The number of anilines is 1. The lowest BCUT2D eigenvalue weighted by atomic mass is 10.2. The number of hydrogen-bond donors (Lipinski definition) is 2. The van der Waals surface area contributed by atoms with Crippen molar-refractivity contribution in [2.75, 3.05) is 17.6 Å². The van der Waals surface area contributed by atoms with Gasteiger partial charge in [-0.3, -0.25) is 4.79 Å². The number of sulfone groups is 1. The van der Waals surface area contributed by atoms with E-state index in [1.54, 1.807) is 25.1 Å². The molecule has 1 unspecified atom stereocenters. The molecule has 0 aliphatic heterocycles. The number of carbonyl (C=O) groups is 1. The Kier molecular flexibility index (Phi) is 6.16. The first-order valence-electron chi connectivity index (χ1n) is 6.75. The standard InChI is InChI=1S/C14H22N2O3S/c1-4-11(3)15-10-14(17)16-12-8-6-7-9-13(12)20(18,19)5-2/h6-9,11,15H,4-5,10H2,1-3H3,(H,16,17). The van der Waals surface area contributed by atoms with E-state index in [2.05, 4.69) is 10.6 Å². The monoisotopic (exact) mass is 298 g/mol. The average molecular weight is 298 g/mol. The van der Waals surface area contributed by atoms with Gasteiger partial charge >= 0.3 is 0 Å². The second-order valence-corrected chi connectivity index (χ2v) is 6.88. The average Bonchev–Trinajstić information content (AvgIpc) is 2.45. The molecule has 0 spiro atoms. The zero-order valence-electron chi connectivity index (χ0n) is 12.1. The Bertz CT molecular complexity index is 555. The molecule has 0 bridgehead atoms. The molecule has 6 heteroatoms. The van der Waals surface area contributed by atoms with Crippen molar-refractivity contribution in [3.05, 3.63) is 24.3 Å². The van der Waals surface area contributed by atoms with Crippen LogP contribution in [0.3, 0.4) is 0 Å². The zero-order chi connectivity index (χ0) is 15.2. The molecule has 0 aliphatic rings. The van der Waals surface area contributed by atoms with Crippen molar-refractivity contribution in [1.82, 2.24) is 5.32 Å². The van der Waals surface area contributed by atoms with Crippen LogP contribution in [-0.4, -0.2) is 32.7 Å². The molecule has 1 aromatic carbocycles. The first kappa shape index (κ1) is 16.7. The van der Waals surface area contributed by atoms with Crippen molar-refractivity contribution in [3.63, 3.8) is 0 Å². The second kappa shape index (κ2) is 7.40. The first-order valence-corrected chi connectivity index (χ1v) is 8.41. The fourth-order valence-corrected chi connectivity index (χ4v) is 2.65. The van der Waals surface area contributed by atoms with Gasteiger partial charge in [-0.15, -0.1) is 0 Å². The highest BCUT2D eigenvalue weighted by Crippen LogP contribution is 2.21. The Morgan fingerprint density at radius 3 is 2.50 bits per heavy atom. The van der Waals surface area contributed by atoms with E-state index in [1.165, 1.54) is 6.07 Å². The Morgan fingerprint density at radius 2 is 1.90 bits per heavy atom. The van der Waals surface area contributed by atoms with Crippen molar-refractivity contribution >= 4 is 21.4 Å². The third-order valence-electron chi connectivity index (χ3n) is 3.10. The van der Waals surface area contributed by atoms with Gasteiger partial charge < -0.3 is 10.6 Å². The van der Waals surface area contributed by atoms with Gasteiger partial charge in [-0.25, -0.2) is 8.42 Å². The van der Waals surface area contributed by atoms with Crippen LogP contribution in [0.15, 0.2) is 29.2 Å². The minimum atomic E-state index is -3.35. The summed E-state index contributed by atoms with van der Waals surface area (Å²) in [7, 11) is -3.35. The third-order valence-corrected chi connectivity index (χ3v) is 4.89. The van der Waals surface area contributed by atoms with Gasteiger partial charge in [-0.1, -0.05) is 26.0 Å². The van der Waals surface area contributed by atoms with Crippen molar-refractivity contribution in [2.24, 2.45) is 0 Å². The molecular weight excluding hydrogens is 276 g/mol. The van der Waals surface area contributed by atoms with Gasteiger partial charge in [0.2, 0.25) is 5.91 Å². The van der Waals surface area contributed by atoms with Crippen LogP contribution < -0.4 is 10.6 Å². The molecule has 0 heterocycles. The second-order valence-electron chi connectivity index (χ2n) is 4.64. The smallest absolute Gasteiger partial charge is 0.238 e. The van der Waals surface area contributed by atoms with E-state index in [0.717, 1.165) is 6.42 Å². The van der Waals surface area contributed by atoms with Crippen LogP contribution in [0.1, 0.15) is 27.2 Å². The fourth-order valence-electron chi connectivity index (χ4n) is 1.60. The molecule has 0 aromatic heterocycles. The molecule has 2 N–H and O–H groups in total. The molecule has 0 radical (unpaired) electrons. The molecule has 1 amide bonds. The van der Waals surface area contributed by atoms with E-state index in [-0.39, 0.29) is 29.1 Å². The van der Waals surface area contributed by atoms with Crippen molar-refractivity contribution in [3.8, 4) is 0 Å². The number of para-hydroxylation sites is 1. The SMILES string of the molecule is CCC(C)NCC(=O)Nc1ccccc1S(=O)(=O)CC. The fraction of sp³-hybridized carbons (Fsp3) is 0.500. The van der Waals surface area contributed by atoms with Crippen LogP contribution in [0.2, 0.25) is 0 Å². The summed E-state index contributed by atoms with van der Waals surface area (Å²) in [6.45, 7) is 5.76. The number of benzene rings is 1. The number of amides is 1. The summed E-state index contributed by atoms with van der Waals surface area (Å²) in [6.07, 6.45) is 0.925. The van der Waals surface area contributed by atoms with Crippen LogP contribution in [0, 0.1) is 0 Å². The van der Waals surface area contributed by atoms with Crippen molar-refractivity contribution < 1.29 is 13.2 Å². The largest absolute Gasteiger partial charge is 0.324 e. The number of rotatable bonds is 7. The molecule has 20 heavy (non-hydrogen) atoms. The molecule has 0 fully saturated rings. The molecule has 5 nitrogen and oxygen atoms in total. The molecule has 1 atom stereocenters. The Balaban J connectivity index is 2.81. The normalized spacial score (nSPS) is 12.9. The predicted molar refractivity (Wildman–Crippen MR) is 80.6 cm³/mol. The summed E-state index contributed by atoms with van der Waals surface area (Å²) in [6, 6.07) is 6.71. The maximum atomic E-state index is 11.9. The molecular formula is C14H22N2O3S. The lowest BCUT2D eigenvalue weighted by molar-refractivity contribution is -0.115. The van der Waals surface area contributed by atoms with E-state index in [0.29, 0.717) is 5.69 Å².